The van der Waals surface area contributed by atoms with E-state index in [4.69, 9.17) is 9.47 Å². The molecule has 0 radical (unpaired) electrons. The summed E-state index contributed by atoms with van der Waals surface area (Å²) in [5, 5.41) is 9.43. The Bertz CT molecular complexity index is 948. The molecule has 0 saturated carbocycles. The number of piperidine rings is 1. The van der Waals surface area contributed by atoms with Crippen molar-refractivity contribution in [3.05, 3.63) is 48.0 Å². The first-order chi connectivity index (χ1) is 14.3. The number of ether oxygens (including phenoxy) is 2. The minimum absolute atomic E-state index is 0.0359. The van der Waals surface area contributed by atoms with Crippen LogP contribution in [-0.4, -0.2) is 39.8 Å². The van der Waals surface area contributed by atoms with Crippen molar-refractivity contribution < 1.29 is 14.3 Å². The number of fused-ring (bicyclic) bond motifs is 2. The monoisotopic (exact) mass is 405 g/mol. The lowest BCUT2D eigenvalue weighted by atomic mass is 10.00. The van der Waals surface area contributed by atoms with Crippen molar-refractivity contribution in [2.75, 3.05) is 0 Å². The van der Waals surface area contributed by atoms with Crippen LogP contribution in [0.15, 0.2) is 42.5 Å². The lowest BCUT2D eigenvalue weighted by Crippen LogP contribution is -2.50. The predicted octanol–water partition coefficient (Wildman–Crippen LogP) is 4.93. The molecule has 0 aliphatic carbocycles. The SMILES string of the molecule is CC(C)(C)OC(=O)N1[C@@H]2CC[C@H]1CC(Oc1cc(C#N)cc(-c3ccccc3)n1)C2. The first-order valence-corrected chi connectivity index (χ1v) is 10.5. The number of carbonyl (C=O) groups excluding carboxylic acids is 1. The molecule has 4 rings (SSSR count). The Labute approximate surface area is 177 Å². The van der Waals surface area contributed by atoms with Gasteiger partial charge in [-0.25, -0.2) is 9.78 Å². The third kappa shape index (κ3) is 4.40. The number of benzene rings is 1. The average molecular weight is 405 g/mol. The quantitative estimate of drug-likeness (QED) is 0.724. The molecule has 1 aromatic carbocycles. The minimum Gasteiger partial charge on any atom is -0.474 e. The fourth-order valence-corrected chi connectivity index (χ4v) is 4.39. The second kappa shape index (κ2) is 7.98. The second-order valence-corrected chi connectivity index (χ2v) is 9.04. The van der Waals surface area contributed by atoms with E-state index in [2.05, 4.69) is 11.1 Å². The molecular formula is C24H27N3O3. The van der Waals surface area contributed by atoms with Crippen molar-refractivity contribution in [3.63, 3.8) is 0 Å². The van der Waals surface area contributed by atoms with Crippen molar-refractivity contribution in [2.45, 2.75) is 70.2 Å². The van der Waals surface area contributed by atoms with Gasteiger partial charge in [0.25, 0.3) is 0 Å². The van der Waals surface area contributed by atoms with Gasteiger partial charge in [-0.2, -0.15) is 5.26 Å². The smallest absolute Gasteiger partial charge is 0.410 e. The Morgan fingerprint density at radius 1 is 1.13 bits per heavy atom. The van der Waals surface area contributed by atoms with E-state index in [0.717, 1.165) is 36.9 Å². The minimum atomic E-state index is -0.501. The van der Waals surface area contributed by atoms with Gasteiger partial charge in [-0.15, -0.1) is 0 Å². The highest BCUT2D eigenvalue weighted by Gasteiger charge is 2.45. The molecule has 6 heteroatoms. The van der Waals surface area contributed by atoms with Crippen LogP contribution >= 0.6 is 0 Å². The maximum Gasteiger partial charge on any atom is 0.410 e. The van der Waals surface area contributed by atoms with Crippen molar-refractivity contribution in [1.82, 2.24) is 9.88 Å². The Balaban J connectivity index is 1.49. The lowest BCUT2D eigenvalue weighted by Gasteiger charge is -2.39. The Morgan fingerprint density at radius 2 is 1.80 bits per heavy atom. The van der Waals surface area contributed by atoms with Crippen molar-refractivity contribution >= 4 is 6.09 Å². The number of amides is 1. The molecule has 1 aromatic heterocycles. The zero-order chi connectivity index (χ0) is 21.3. The van der Waals surface area contributed by atoms with E-state index in [1.807, 2.05) is 56.0 Å². The fourth-order valence-electron chi connectivity index (χ4n) is 4.39. The van der Waals surface area contributed by atoms with E-state index in [1.165, 1.54) is 0 Å². The third-order valence-electron chi connectivity index (χ3n) is 5.58. The van der Waals surface area contributed by atoms with Gasteiger partial charge >= 0.3 is 6.09 Å². The molecule has 2 aliphatic heterocycles. The Hall–Kier alpha value is -3.07. The number of hydrogen-bond acceptors (Lipinski definition) is 5. The van der Waals surface area contributed by atoms with E-state index >= 15 is 0 Å². The Morgan fingerprint density at radius 3 is 2.40 bits per heavy atom. The van der Waals surface area contributed by atoms with Gasteiger partial charge in [-0.1, -0.05) is 30.3 Å². The normalized spacial score (nSPS) is 23.0. The summed E-state index contributed by atoms with van der Waals surface area (Å²) in [5.41, 5.74) is 1.69. The number of aromatic nitrogens is 1. The van der Waals surface area contributed by atoms with E-state index in [-0.39, 0.29) is 24.3 Å². The molecule has 3 heterocycles. The molecule has 30 heavy (non-hydrogen) atoms. The molecule has 0 N–H and O–H groups in total. The summed E-state index contributed by atoms with van der Waals surface area (Å²) >= 11 is 0. The highest BCUT2D eigenvalue weighted by Crippen LogP contribution is 2.38. The van der Waals surface area contributed by atoms with E-state index < -0.39 is 5.60 Å². The summed E-state index contributed by atoms with van der Waals surface area (Å²) in [6.07, 6.45) is 3.15. The lowest BCUT2D eigenvalue weighted by molar-refractivity contribution is -0.00757. The summed E-state index contributed by atoms with van der Waals surface area (Å²) in [7, 11) is 0. The van der Waals surface area contributed by atoms with E-state index in [0.29, 0.717) is 11.4 Å². The summed E-state index contributed by atoms with van der Waals surface area (Å²) in [5.74, 6) is 0.461. The van der Waals surface area contributed by atoms with Gasteiger partial charge in [0.1, 0.15) is 11.7 Å². The number of nitrogens with zero attached hydrogens (tertiary/aromatic N) is 3. The van der Waals surface area contributed by atoms with Crippen LogP contribution in [0.2, 0.25) is 0 Å². The third-order valence-corrected chi connectivity index (χ3v) is 5.58. The fraction of sp³-hybridized carbons (Fsp3) is 0.458. The van der Waals surface area contributed by atoms with Crippen LogP contribution in [0.1, 0.15) is 52.0 Å². The first kappa shape index (κ1) is 20.2. The topological polar surface area (TPSA) is 75.4 Å². The summed E-state index contributed by atoms with van der Waals surface area (Å²) in [4.78, 5) is 19.2. The van der Waals surface area contributed by atoms with Crippen LogP contribution in [0.5, 0.6) is 5.88 Å². The van der Waals surface area contributed by atoms with Gasteiger partial charge in [0, 0.05) is 36.6 Å². The van der Waals surface area contributed by atoms with Crippen LogP contribution < -0.4 is 4.74 Å². The first-order valence-electron chi connectivity index (χ1n) is 10.5. The molecule has 2 saturated heterocycles. The molecule has 1 unspecified atom stereocenters. The number of hydrogen-bond donors (Lipinski definition) is 0. The molecule has 0 spiro atoms. The maximum absolute atomic E-state index is 12.6. The van der Waals surface area contributed by atoms with Gasteiger partial charge in [-0.05, 0) is 39.7 Å². The molecular weight excluding hydrogens is 378 g/mol. The van der Waals surface area contributed by atoms with Crippen molar-refractivity contribution in [1.29, 1.82) is 5.26 Å². The number of rotatable bonds is 3. The van der Waals surface area contributed by atoms with E-state index in [1.54, 1.807) is 12.1 Å². The zero-order valence-electron chi connectivity index (χ0n) is 17.7. The molecule has 1 amide bonds. The van der Waals surface area contributed by atoms with Crippen molar-refractivity contribution in [3.8, 4) is 23.2 Å². The number of nitriles is 1. The van der Waals surface area contributed by atoms with Gasteiger partial charge in [-0.3, -0.25) is 0 Å². The standard InChI is InChI=1S/C24H27N3O3/c1-24(2,3)30-23(28)27-18-9-10-19(27)14-20(13-18)29-22-12-16(15-25)11-21(26-22)17-7-5-4-6-8-17/h4-8,11-12,18-20H,9-10,13-14H2,1-3H3/t18-,19+,20?. The zero-order valence-corrected chi connectivity index (χ0v) is 17.7. The highest BCUT2D eigenvalue weighted by molar-refractivity contribution is 5.69. The molecule has 3 atom stereocenters. The largest absolute Gasteiger partial charge is 0.474 e. The van der Waals surface area contributed by atoms with Crippen LogP contribution in [0.3, 0.4) is 0 Å². The van der Waals surface area contributed by atoms with Gasteiger partial charge in [0.15, 0.2) is 0 Å². The maximum atomic E-state index is 12.6. The molecule has 6 nitrogen and oxygen atoms in total. The van der Waals surface area contributed by atoms with Crippen LogP contribution in [0.25, 0.3) is 11.3 Å². The molecule has 2 fully saturated rings. The van der Waals surface area contributed by atoms with Gasteiger partial charge in [0.05, 0.1) is 17.3 Å². The van der Waals surface area contributed by atoms with Crippen LogP contribution in [-0.2, 0) is 4.74 Å². The predicted molar refractivity (Wildman–Crippen MR) is 113 cm³/mol. The molecule has 2 aliphatic rings. The number of pyridine rings is 1. The van der Waals surface area contributed by atoms with Gasteiger partial charge < -0.3 is 14.4 Å². The van der Waals surface area contributed by atoms with Crippen LogP contribution in [0, 0.1) is 11.3 Å². The van der Waals surface area contributed by atoms with Crippen LogP contribution in [0.4, 0.5) is 4.79 Å². The summed E-state index contributed by atoms with van der Waals surface area (Å²) in [6.45, 7) is 5.67. The average Bonchev–Trinajstić information content (AvgIpc) is 2.98. The summed E-state index contributed by atoms with van der Waals surface area (Å²) in [6, 6.07) is 15.7. The van der Waals surface area contributed by atoms with Crippen molar-refractivity contribution in [2.24, 2.45) is 0 Å². The molecule has 2 bridgehead atoms. The highest BCUT2D eigenvalue weighted by atomic mass is 16.6. The summed E-state index contributed by atoms with van der Waals surface area (Å²) < 4.78 is 11.8. The Kier molecular flexibility index (Phi) is 5.38. The molecule has 2 aromatic rings. The second-order valence-electron chi connectivity index (χ2n) is 9.04. The van der Waals surface area contributed by atoms with Gasteiger partial charge in [0.2, 0.25) is 5.88 Å². The number of carbonyl (C=O) groups is 1. The van der Waals surface area contributed by atoms with E-state index in [9.17, 15) is 10.1 Å². The molecule has 156 valence electrons.